The van der Waals surface area contributed by atoms with Crippen LogP contribution in [0, 0.1) is 0 Å². The molecule has 2 aromatic heterocycles. The van der Waals surface area contributed by atoms with Crippen LogP contribution >= 0.6 is 11.6 Å². The molecule has 2 atom stereocenters. The summed E-state index contributed by atoms with van der Waals surface area (Å²) in [5.41, 5.74) is 0.605. The summed E-state index contributed by atoms with van der Waals surface area (Å²) in [7, 11) is 0. The molecule has 94 valence electrons. The number of rotatable bonds is 2. The van der Waals surface area contributed by atoms with E-state index < -0.39 is 0 Å². The molecule has 1 aliphatic heterocycles. The minimum Gasteiger partial charge on any atom is -0.392 e. The van der Waals surface area contributed by atoms with Crippen molar-refractivity contribution < 1.29 is 9.63 Å². The number of hydrogen-bond acceptors (Lipinski definition) is 6. The maximum Gasteiger partial charge on any atom is 0.244 e. The van der Waals surface area contributed by atoms with E-state index in [4.69, 9.17) is 16.1 Å². The van der Waals surface area contributed by atoms with Crippen LogP contribution in [-0.2, 0) is 0 Å². The summed E-state index contributed by atoms with van der Waals surface area (Å²) in [5.74, 6) is 0.892. The molecule has 0 bridgehead atoms. The van der Waals surface area contributed by atoms with Gasteiger partial charge in [-0.15, -0.1) is 0 Å². The molecule has 0 amide bonds. The first kappa shape index (κ1) is 11.6. The van der Waals surface area contributed by atoms with Gasteiger partial charge in [-0.05, 0) is 18.6 Å². The number of aromatic nitrogens is 3. The molecule has 1 saturated heterocycles. The van der Waals surface area contributed by atoms with Crippen molar-refractivity contribution in [3.05, 3.63) is 29.2 Å². The first-order chi connectivity index (χ1) is 8.72. The fourth-order valence-corrected chi connectivity index (χ4v) is 2.01. The summed E-state index contributed by atoms with van der Waals surface area (Å²) in [5, 5.41) is 17.0. The first-order valence-electron chi connectivity index (χ1n) is 5.59. The predicted octanol–water partition coefficient (Wildman–Crippen LogP) is 1.18. The van der Waals surface area contributed by atoms with Crippen LogP contribution < -0.4 is 5.32 Å². The molecule has 1 aliphatic rings. The van der Waals surface area contributed by atoms with Crippen LogP contribution in [0.25, 0.3) is 11.5 Å². The van der Waals surface area contributed by atoms with Gasteiger partial charge in [0.2, 0.25) is 11.7 Å². The van der Waals surface area contributed by atoms with Crippen LogP contribution in [0.4, 0.5) is 0 Å². The summed E-state index contributed by atoms with van der Waals surface area (Å²) < 4.78 is 5.17. The highest BCUT2D eigenvalue weighted by Crippen LogP contribution is 2.24. The number of nitrogens with one attached hydrogen (secondary N) is 1. The van der Waals surface area contributed by atoms with Gasteiger partial charge >= 0.3 is 0 Å². The van der Waals surface area contributed by atoms with E-state index in [-0.39, 0.29) is 12.1 Å². The second-order valence-corrected chi connectivity index (χ2v) is 4.60. The molecule has 3 rings (SSSR count). The highest BCUT2D eigenvalue weighted by Gasteiger charge is 2.28. The average Bonchev–Trinajstić information content (AvgIpc) is 2.98. The van der Waals surface area contributed by atoms with Crippen molar-refractivity contribution in [2.45, 2.75) is 18.6 Å². The molecule has 18 heavy (non-hydrogen) atoms. The number of aliphatic hydroxyl groups excluding tert-OH is 1. The third-order valence-corrected chi connectivity index (χ3v) is 3.03. The predicted molar refractivity (Wildman–Crippen MR) is 63.9 cm³/mol. The molecule has 2 N–H and O–H groups in total. The lowest BCUT2D eigenvalue weighted by molar-refractivity contribution is 0.191. The zero-order valence-electron chi connectivity index (χ0n) is 9.38. The zero-order chi connectivity index (χ0) is 12.5. The van der Waals surface area contributed by atoms with Gasteiger partial charge in [0.1, 0.15) is 5.69 Å². The number of halogens is 1. The normalized spacial score (nSPS) is 23.4. The summed E-state index contributed by atoms with van der Waals surface area (Å²) >= 11 is 5.76. The van der Waals surface area contributed by atoms with Gasteiger partial charge in [0.25, 0.3) is 0 Å². The molecule has 6 nitrogen and oxygen atoms in total. The molecule has 1 fully saturated rings. The Balaban J connectivity index is 1.83. The zero-order valence-corrected chi connectivity index (χ0v) is 10.1. The number of pyridine rings is 1. The van der Waals surface area contributed by atoms with Crippen molar-refractivity contribution in [1.29, 1.82) is 0 Å². The van der Waals surface area contributed by atoms with Crippen LogP contribution in [0.3, 0.4) is 0 Å². The molecule has 0 aliphatic carbocycles. The summed E-state index contributed by atoms with van der Waals surface area (Å²) in [4.78, 5) is 8.39. The van der Waals surface area contributed by atoms with E-state index in [0.29, 0.717) is 35.4 Å². The number of hydrogen-bond donors (Lipinski definition) is 2. The Morgan fingerprint density at radius 3 is 3.00 bits per heavy atom. The average molecular weight is 267 g/mol. The number of nitrogens with zero attached hydrogens (tertiary/aromatic N) is 3. The van der Waals surface area contributed by atoms with Crippen molar-refractivity contribution in [3.8, 4) is 11.5 Å². The lowest BCUT2D eigenvalue weighted by Crippen LogP contribution is -2.15. The second kappa shape index (κ2) is 4.64. The topological polar surface area (TPSA) is 84.1 Å². The van der Waals surface area contributed by atoms with Crippen LogP contribution in [0.2, 0.25) is 5.02 Å². The van der Waals surface area contributed by atoms with Gasteiger partial charge in [-0.3, -0.25) is 4.98 Å². The Labute approximate surface area is 108 Å². The molecule has 0 spiro atoms. The third kappa shape index (κ3) is 2.22. The maximum atomic E-state index is 9.44. The van der Waals surface area contributed by atoms with E-state index in [1.165, 1.54) is 6.20 Å². The molecule has 0 unspecified atom stereocenters. The van der Waals surface area contributed by atoms with Crippen LogP contribution in [0.5, 0.6) is 0 Å². The minimum atomic E-state index is -0.362. The fourth-order valence-electron chi connectivity index (χ4n) is 1.89. The number of β-amino-alcohol motifs (C(OH)–C–C–N with tert-alkyl or cyclic N) is 1. The summed E-state index contributed by atoms with van der Waals surface area (Å²) in [6.45, 7) is 0.543. The van der Waals surface area contributed by atoms with Gasteiger partial charge in [-0.1, -0.05) is 16.8 Å². The third-order valence-electron chi connectivity index (χ3n) is 2.80. The van der Waals surface area contributed by atoms with Gasteiger partial charge < -0.3 is 14.9 Å². The summed E-state index contributed by atoms with van der Waals surface area (Å²) in [6, 6.07) is 3.36. The minimum absolute atomic E-state index is 0.0893. The maximum absolute atomic E-state index is 9.44. The van der Waals surface area contributed by atoms with E-state index in [2.05, 4.69) is 20.4 Å². The Bertz CT molecular complexity index is 542. The van der Waals surface area contributed by atoms with Crippen molar-refractivity contribution in [3.63, 3.8) is 0 Å². The first-order valence-corrected chi connectivity index (χ1v) is 5.97. The van der Waals surface area contributed by atoms with Crippen molar-refractivity contribution in [2.75, 3.05) is 6.54 Å². The van der Waals surface area contributed by atoms with E-state index in [9.17, 15) is 5.11 Å². The van der Waals surface area contributed by atoms with Crippen LogP contribution in [0.15, 0.2) is 22.9 Å². The van der Waals surface area contributed by atoms with Gasteiger partial charge in [-0.2, -0.15) is 4.98 Å². The SMILES string of the molecule is O[C@@H]1CN[C@H](c2nc(-c3ccc(Cl)cn3)no2)C1. The summed E-state index contributed by atoms with van der Waals surface area (Å²) in [6.07, 6.45) is 1.75. The fraction of sp³-hybridized carbons (Fsp3) is 0.364. The Morgan fingerprint density at radius 1 is 1.44 bits per heavy atom. The monoisotopic (exact) mass is 266 g/mol. The van der Waals surface area contributed by atoms with Gasteiger partial charge in [0.15, 0.2) is 0 Å². The van der Waals surface area contributed by atoms with Crippen molar-refractivity contribution >= 4 is 11.6 Å². The van der Waals surface area contributed by atoms with Crippen LogP contribution in [0.1, 0.15) is 18.4 Å². The largest absolute Gasteiger partial charge is 0.392 e. The molecular formula is C11H11ClN4O2. The van der Waals surface area contributed by atoms with Crippen molar-refractivity contribution in [2.24, 2.45) is 0 Å². The molecule has 2 aromatic rings. The molecule has 3 heterocycles. The quantitative estimate of drug-likeness (QED) is 0.849. The Morgan fingerprint density at radius 2 is 2.33 bits per heavy atom. The molecule has 0 radical (unpaired) electrons. The van der Waals surface area contributed by atoms with Gasteiger partial charge in [-0.25, -0.2) is 0 Å². The Hall–Kier alpha value is -1.50. The molecule has 7 heteroatoms. The Kier molecular flexibility index (Phi) is 2.99. The van der Waals surface area contributed by atoms with Gasteiger partial charge in [0.05, 0.1) is 17.2 Å². The van der Waals surface area contributed by atoms with Gasteiger partial charge in [0, 0.05) is 12.7 Å². The highest BCUT2D eigenvalue weighted by molar-refractivity contribution is 6.30. The van der Waals surface area contributed by atoms with E-state index in [1.54, 1.807) is 12.1 Å². The number of aliphatic hydroxyl groups is 1. The lowest BCUT2D eigenvalue weighted by atomic mass is 10.2. The molecule has 0 saturated carbocycles. The molecular weight excluding hydrogens is 256 g/mol. The van der Waals surface area contributed by atoms with E-state index >= 15 is 0 Å². The lowest BCUT2D eigenvalue weighted by Gasteiger charge is -2.01. The van der Waals surface area contributed by atoms with Crippen LogP contribution in [-0.4, -0.2) is 32.9 Å². The standard InChI is InChI=1S/C11H11ClN4O2/c12-6-1-2-8(13-4-6)10-15-11(18-16-10)9-3-7(17)5-14-9/h1-2,4,7,9,14,17H,3,5H2/t7-,9-/m0/s1. The van der Waals surface area contributed by atoms with E-state index in [1.807, 2.05) is 0 Å². The van der Waals surface area contributed by atoms with E-state index in [0.717, 1.165) is 0 Å². The highest BCUT2D eigenvalue weighted by atomic mass is 35.5. The second-order valence-electron chi connectivity index (χ2n) is 4.17. The molecule has 0 aromatic carbocycles. The smallest absolute Gasteiger partial charge is 0.244 e. The van der Waals surface area contributed by atoms with Crippen molar-refractivity contribution in [1.82, 2.24) is 20.4 Å².